The zero-order valence-electron chi connectivity index (χ0n) is 12.4. The molecule has 0 aliphatic rings. The Bertz CT molecular complexity index is 980. The van der Waals surface area contributed by atoms with Gasteiger partial charge >= 0.3 is 0 Å². The smallest absolute Gasteiger partial charge is 0.0715 e. The van der Waals surface area contributed by atoms with Crippen molar-refractivity contribution in [1.29, 1.82) is 0 Å². The van der Waals surface area contributed by atoms with Crippen LogP contribution in [0.25, 0.3) is 34.0 Å². The molecule has 110 valence electrons. The predicted octanol–water partition coefficient (Wildman–Crippen LogP) is 6.21. The van der Waals surface area contributed by atoms with Gasteiger partial charge in [0.2, 0.25) is 0 Å². The molecule has 23 heavy (non-hydrogen) atoms. The summed E-state index contributed by atoms with van der Waals surface area (Å²) in [5, 5.41) is 3.06. The first kappa shape index (κ1) is 14.0. The van der Waals surface area contributed by atoms with E-state index in [1.165, 1.54) is 5.56 Å². The summed E-state index contributed by atoms with van der Waals surface area (Å²) in [6.07, 6.45) is 4.25. The molecule has 0 saturated carbocycles. The molecule has 4 aromatic rings. The van der Waals surface area contributed by atoms with Crippen molar-refractivity contribution < 1.29 is 0 Å². The van der Waals surface area contributed by atoms with Crippen molar-refractivity contribution in [3.63, 3.8) is 0 Å². The third kappa shape index (κ3) is 2.71. The van der Waals surface area contributed by atoms with Gasteiger partial charge in [-0.05, 0) is 35.4 Å². The second kappa shape index (κ2) is 5.86. The standard InChI is InChI=1S/C21H14ClN/c22-16-7-5-6-15(14-16)12-13-17-18-8-1-3-10-20(18)23-21-11-4-2-9-19(17)21/h1-14H/b13-12+. The summed E-state index contributed by atoms with van der Waals surface area (Å²) in [5.41, 5.74) is 4.29. The van der Waals surface area contributed by atoms with Crippen LogP contribution in [0.15, 0.2) is 72.8 Å². The number of nitrogens with zero attached hydrogens (tertiary/aromatic N) is 1. The van der Waals surface area contributed by atoms with Gasteiger partial charge in [-0.3, -0.25) is 0 Å². The van der Waals surface area contributed by atoms with Crippen LogP contribution in [0.1, 0.15) is 11.1 Å². The predicted molar refractivity (Wildman–Crippen MR) is 99.6 cm³/mol. The molecule has 0 aliphatic heterocycles. The molecule has 0 radical (unpaired) electrons. The van der Waals surface area contributed by atoms with E-state index in [0.717, 1.165) is 32.4 Å². The number of hydrogen-bond donors (Lipinski definition) is 0. The fourth-order valence-corrected chi connectivity index (χ4v) is 3.04. The van der Waals surface area contributed by atoms with Crippen LogP contribution < -0.4 is 0 Å². The first-order chi connectivity index (χ1) is 11.3. The molecular formula is C21H14ClN. The summed E-state index contributed by atoms with van der Waals surface area (Å²) in [5.74, 6) is 0. The van der Waals surface area contributed by atoms with E-state index >= 15 is 0 Å². The summed E-state index contributed by atoms with van der Waals surface area (Å²) in [6.45, 7) is 0. The summed E-state index contributed by atoms with van der Waals surface area (Å²) in [7, 11) is 0. The first-order valence-electron chi connectivity index (χ1n) is 7.52. The van der Waals surface area contributed by atoms with Gasteiger partial charge in [-0.15, -0.1) is 0 Å². The maximum absolute atomic E-state index is 6.07. The maximum atomic E-state index is 6.07. The fourth-order valence-electron chi connectivity index (χ4n) is 2.84. The molecule has 1 nitrogen and oxygen atoms in total. The molecule has 2 heteroatoms. The molecule has 0 unspecified atom stereocenters. The zero-order chi connectivity index (χ0) is 15.6. The summed E-state index contributed by atoms with van der Waals surface area (Å²) in [6, 6.07) is 24.3. The summed E-state index contributed by atoms with van der Waals surface area (Å²) >= 11 is 6.07. The van der Waals surface area contributed by atoms with E-state index in [4.69, 9.17) is 16.6 Å². The highest BCUT2D eigenvalue weighted by Gasteiger charge is 2.05. The molecular weight excluding hydrogens is 302 g/mol. The van der Waals surface area contributed by atoms with E-state index in [2.05, 4.69) is 48.6 Å². The first-order valence-corrected chi connectivity index (χ1v) is 7.90. The van der Waals surface area contributed by atoms with Crippen molar-refractivity contribution in [2.24, 2.45) is 0 Å². The van der Waals surface area contributed by atoms with Crippen molar-refractivity contribution >= 4 is 45.6 Å². The highest BCUT2D eigenvalue weighted by Crippen LogP contribution is 2.27. The largest absolute Gasteiger partial charge is 0.248 e. The molecule has 0 saturated heterocycles. The average Bonchev–Trinajstić information content (AvgIpc) is 2.58. The van der Waals surface area contributed by atoms with E-state index in [-0.39, 0.29) is 0 Å². The molecule has 0 atom stereocenters. The summed E-state index contributed by atoms with van der Waals surface area (Å²) in [4.78, 5) is 4.75. The quantitative estimate of drug-likeness (QED) is 0.401. The van der Waals surface area contributed by atoms with Crippen LogP contribution in [0.3, 0.4) is 0 Å². The van der Waals surface area contributed by atoms with Gasteiger partial charge in [0.1, 0.15) is 0 Å². The lowest BCUT2D eigenvalue weighted by atomic mass is 10.0. The number of halogens is 1. The Labute approximate surface area is 139 Å². The fraction of sp³-hybridized carbons (Fsp3) is 0. The monoisotopic (exact) mass is 315 g/mol. The second-order valence-electron chi connectivity index (χ2n) is 5.45. The number of para-hydroxylation sites is 2. The molecule has 0 N–H and O–H groups in total. The van der Waals surface area contributed by atoms with Gasteiger partial charge in [0.05, 0.1) is 11.0 Å². The molecule has 1 heterocycles. The number of rotatable bonds is 2. The third-order valence-corrected chi connectivity index (χ3v) is 4.16. The van der Waals surface area contributed by atoms with Crippen LogP contribution in [0.5, 0.6) is 0 Å². The van der Waals surface area contributed by atoms with Gasteiger partial charge in [-0.1, -0.05) is 72.3 Å². The Morgan fingerprint density at radius 2 is 1.35 bits per heavy atom. The van der Waals surface area contributed by atoms with Crippen LogP contribution in [-0.4, -0.2) is 4.98 Å². The van der Waals surface area contributed by atoms with E-state index < -0.39 is 0 Å². The van der Waals surface area contributed by atoms with Gasteiger partial charge in [-0.2, -0.15) is 0 Å². The van der Waals surface area contributed by atoms with Crippen molar-refractivity contribution in [3.05, 3.63) is 88.9 Å². The third-order valence-electron chi connectivity index (χ3n) is 3.92. The Balaban J connectivity index is 1.96. The Hall–Kier alpha value is -2.64. The number of hydrogen-bond acceptors (Lipinski definition) is 1. The van der Waals surface area contributed by atoms with Crippen molar-refractivity contribution in [1.82, 2.24) is 4.98 Å². The minimum Gasteiger partial charge on any atom is -0.248 e. The number of pyridine rings is 1. The van der Waals surface area contributed by atoms with Crippen LogP contribution >= 0.6 is 11.6 Å². The van der Waals surface area contributed by atoms with Crippen LogP contribution in [0.4, 0.5) is 0 Å². The second-order valence-corrected chi connectivity index (χ2v) is 5.88. The maximum Gasteiger partial charge on any atom is 0.0715 e. The van der Waals surface area contributed by atoms with Crippen molar-refractivity contribution in [3.8, 4) is 0 Å². The molecule has 1 aromatic heterocycles. The number of benzene rings is 3. The average molecular weight is 316 g/mol. The van der Waals surface area contributed by atoms with E-state index in [1.54, 1.807) is 0 Å². The summed E-state index contributed by atoms with van der Waals surface area (Å²) < 4.78 is 0. The Morgan fingerprint density at radius 3 is 2.00 bits per heavy atom. The van der Waals surface area contributed by atoms with Crippen LogP contribution in [0.2, 0.25) is 5.02 Å². The van der Waals surface area contributed by atoms with Crippen LogP contribution in [0, 0.1) is 0 Å². The minimum absolute atomic E-state index is 0.747. The molecule has 0 amide bonds. The molecule has 0 aliphatic carbocycles. The molecule has 4 rings (SSSR count). The van der Waals surface area contributed by atoms with Crippen LogP contribution in [-0.2, 0) is 0 Å². The lowest BCUT2D eigenvalue weighted by Crippen LogP contribution is -1.87. The van der Waals surface area contributed by atoms with Crippen molar-refractivity contribution in [2.45, 2.75) is 0 Å². The highest BCUT2D eigenvalue weighted by atomic mass is 35.5. The molecule has 0 spiro atoms. The Kier molecular flexibility index (Phi) is 3.57. The SMILES string of the molecule is Clc1cccc(/C=C/c2c3ccccc3nc3ccccc23)c1. The van der Waals surface area contributed by atoms with Gasteiger partial charge in [-0.25, -0.2) is 4.98 Å². The van der Waals surface area contributed by atoms with E-state index in [9.17, 15) is 0 Å². The topological polar surface area (TPSA) is 12.9 Å². The Morgan fingerprint density at radius 1 is 0.696 bits per heavy atom. The van der Waals surface area contributed by atoms with Gasteiger partial charge in [0.25, 0.3) is 0 Å². The lowest BCUT2D eigenvalue weighted by molar-refractivity contribution is 1.49. The molecule has 3 aromatic carbocycles. The molecule has 0 bridgehead atoms. The number of fused-ring (bicyclic) bond motifs is 2. The minimum atomic E-state index is 0.747. The normalized spacial score (nSPS) is 11.5. The lowest BCUT2D eigenvalue weighted by Gasteiger charge is -2.07. The van der Waals surface area contributed by atoms with Gasteiger partial charge in [0.15, 0.2) is 0 Å². The van der Waals surface area contributed by atoms with Gasteiger partial charge < -0.3 is 0 Å². The van der Waals surface area contributed by atoms with Gasteiger partial charge in [0, 0.05) is 15.8 Å². The van der Waals surface area contributed by atoms with Crippen molar-refractivity contribution in [2.75, 3.05) is 0 Å². The van der Waals surface area contributed by atoms with E-state index in [0.29, 0.717) is 0 Å². The highest BCUT2D eigenvalue weighted by molar-refractivity contribution is 6.30. The van der Waals surface area contributed by atoms with E-state index in [1.807, 2.05) is 36.4 Å². The molecule has 0 fully saturated rings. The number of aromatic nitrogens is 1. The zero-order valence-corrected chi connectivity index (χ0v) is 13.2.